The van der Waals surface area contributed by atoms with Crippen molar-refractivity contribution >= 4 is 5.97 Å². The smallest absolute Gasteiger partial charge is 0.309 e. The lowest BCUT2D eigenvalue weighted by molar-refractivity contribution is -0.310. The Morgan fingerprint density at radius 1 is 0.600 bits per heavy atom. The summed E-state index contributed by atoms with van der Waals surface area (Å²) in [5.41, 5.74) is 2.08. The van der Waals surface area contributed by atoms with Crippen LogP contribution in [0.3, 0.4) is 0 Å². The second-order valence-electron chi connectivity index (χ2n) is 17.5. The molecule has 348 valence electrons. The number of carboxylic acids is 1. The van der Waals surface area contributed by atoms with Gasteiger partial charge >= 0.3 is 5.97 Å². The molecule has 0 amide bonds. The second-order valence-corrected chi connectivity index (χ2v) is 17.5. The molecule has 16 heteroatoms. The van der Waals surface area contributed by atoms with Gasteiger partial charge in [0.15, 0.2) is 12.6 Å². The van der Waals surface area contributed by atoms with E-state index in [0.717, 1.165) is 6.42 Å². The first-order valence-electron chi connectivity index (χ1n) is 21.1. The monoisotopic (exact) mass is 861 g/mol. The fraction of sp³-hybridized carbons (Fsp3) is 0.795. The van der Waals surface area contributed by atoms with E-state index < -0.39 is 128 Å². The zero-order valence-corrected chi connectivity index (χ0v) is 37.3. The molecule has 0 aliphatic carbocycles. The molecule has 60 heavy (non-hydrogen) atoms. The summed E-state index contributed by atoms with van der Waals surface area (Å²) < 4.78 is 24.2. The predicted octanol–water partition coefficient (Wildman–Crippen LogP) is 1.56. The van der Waals surface area contributed by atoms with E-state index in [9.17, 15) is 61.0 Å². The topological polar surface area (TPSA) is 277 Å². The molecule has 0 aromatic carbocycles. The maximum Gasteiger partial charge on any atom is 0.309 e. The summed E-state index contributed by atoms with van der Waals surface area (Å²) in [5, 5.41) is 116. The molecule has 2 saturated heterocycles. The summed E-state index contributed by atoms with van der Waals surface area (Å²) in [7, 11) is 0. The number of aliphatic hydroxyl groups is 10. The van der Waals surface area contributed by atoms with Crippen molar-refractivity contribution in [2.75, 3.05) is 6.61 Å². The Bertz CT molecular complexity index is 1460. The molecule has 0 radical (unpaired) electrons. The first kappa shape index (κ1) is 54.0. The van der Waals surface area contributed by atoms with Crippen molar-refractivity contribution in [3.63, 3.8) is 0 Å². The molecular weight excluding hydrogens is 784 g/mol. The lowest BCUT2D eigenvalue weighted by Crippen LogP contribution is -2.60. The fourth-order valence-electron chi connectivity index (χ4n) is 8.00. The first-order chi connectivity index (χ1) is 27.8. The predicted molar refractivity (Wildman–Crippen MR) is 222 cm³/mol. The van der Waals surface area contributed by atoms with Gasteiger partial charge in [0.25, 0.3) is 0 Å². The highest BCUT2D eigenvalue weighted by atomic mass is 16.7. The third-order valence-electron chi connectivity index (χ3n) is 12.2. The van der Waals surface area contributed by atoms with Gasteiger partial charge in [0.1, 0.15) is 42.7 Å². The van der Waals surface area contributed by atoms with Crippen molar-refractivity contribution in [1.82, 2.24) is 0 Å². The minimum atomic E-state index is -1.72. The molecule has 2 heterocycles. The number of carbonyl (C=O) groups is 1. The Hall–Kier alpha value is -2.13. The highest BCUT2D eigenvalue weighted by molar-refractivity contribution is 5.70. The minimum absolute atomic E-state index is 0.0580. The van der Waals surface area contributed by atoms with Gasteiger partial charge in [-0.25, -0.2) is 0 Å². The minimum Gasteiger partial charge on any atom is -0.481 e. The van der Waals surface area contributed by atoms with Crippen molar-refractivity contribution in [3.8, 4) is 0 Å². The Kier molecular flexibility index (Phi) is 21.7. The van der Waals surface area contributed by atoms with Gasteiger partial charge in [-0.15, -0.1) is 0 Å². The highest BCUT2D eigenvalue weighted by Crippen LogP contribution is 2.33. The molecular formula is C44H76O16. The van der Waals surface area contributed by atoms with Crippen LogP contribution in [0.2, 0.25) is 0 Å². The quantitative estimate of drug-likeness (QED) is 0.0731. The van der Waals surface area contributed by atoms with Crippen molar-refractivity contribution in [2.45, 2.75) is 181 Å². The van der Waals surface area contributed by atoms with Crippen LogP contribution in [-0.2, 0) is 23.7 Å². The molecule has 16 nitrogen and oxygen atoms in total. The second kappa shape index (κ2) is 24.1. The van der Waals surface area contributed by atoms with Gasteiger partial charge in [-0.05, 0) is 69.8 Å². The zero-order valence-electron chi connectivity index (χ0n) is 37.3. The van der Waals surface area contributed by atoms with Crippen LogP contribution in [0.25, 0.3) is 0 Å². The van der Waals surface area contributed by atoms with E-state index in [-0.39, 0.29) is 11.8 Å². The number of aliphatic hydroxyl groups excluding tert-OH is 10. The van der Waals surface area contributed by atoms with E-state index in [1.54, 1.807) is 66.7 Å². The molecule has 2 fully saturated rings. The number of aliphatic carboxylic acids is 1. The largest absolute Gasteiger partial charge is 0.481 e. The molecule has 21 atom stereocenters. The van der Waals surface area contributed by atoms with E-state index in [0.29, 0.717) is 22.3 Å². The molecule has 5 unspecified atom stereocenters. The maximum atomic E-state index is 11.7. The molecule has 2 rings (SSSR count). The molecule has 0 aromatic heterocycles. The van der Waals surface area contributed by atoms with E-state index >= 15 is 0 Å². The standard InChI is InChI=1S/C44H76O16/c1-13-19(2)31(46)20(3)14-21(4)32(47)22(5)15-24(7)41(60-44-39(54)37(52)35(50)30(18-45)58-44)27(10)17-26(9)40(25(8)16-23(6)33(48)28(11)42(55)56)59-43-38(53)36(51)34(49)29(12)57-43/h14-17,19-20,22,25,27-41,43-54H,13,18H2,1-12H3,(H,55,56)/b21-14+,23-16+,24-15+,26-17+/t19?,20?,22-,25-,27-,28?,29-,30-,31?,32+,33?,34-,35-,36+,37+,38+,39+,40-,41+,43+,44+/m0/s1. The van der Waals surface area contributed by atoms with Gasteiger partial charge in [-0.1, -0.05) is 72.3 Å². The van der Waals surface area contributed by atoms with E-state index in [1.807, 2.05) is 26.8 Å². The average molecular weight is 861 g/mol. The summed E-state index contributed by atoms with van der Waals surface area (Å²) >= 11 is 0. The number of hydrogen-bond donors (Lipinski definition) is 11. The van der Waals surface area contributed by atoms with E-state index in [2.05, 4.69) is 0 Å². The molecule has 11 N–H and O–H groups in total. The number of hydrogen-bond acceptors (Lipinski definition) is 15. The van der Waals surface area contributed by atoms with Crippen LogP contribution in [0, 0.1) is 35.5 Å². The Morgan fingerprint density at radius 3 is 1.48 bits per heavy atom. The maximum absolute atomic E-state index is 11.7. The average Bonchev–Trinajstić information content (AvgIpc) is 3.20. The fourth-order valence-corrected chi connectivity index (χ4v) is 8.00. The molecule has 2 aliphatic rings. The van der Waals surface area contributed by atoms with E-state index in [1.165, 1.54) is 13.8 Å². The van der Waals surface area contributed by atoms with Crippen LogP contribution in [0.5, 0.6) is 0 Å². The third kappa shape index (κ3) is 13.9. The summed E-state index contributed by atoms with van der Waals surface area (Å²) in [6, 6.07) is 0. The Balaban J connectivity index is 2.67. The van der Waals surface area contributed by atoms with Gasteiger partial charge in [0.2, 0.25) is 0 Å². The lowest BCUT2D eigenvalue weighted by atomic mass is 9.86. The van der Waals surface area contributed by atoms with Crippen LogP contribution in [0.4, 0.5) is 0 Å². The van der Waals surface area contributed by atoms with Crippen LogP contribution >= 0.6 is 0 Å². The van der Waals surface area contributed by atoms with Crippen LogP contribution < -0.4 is 0 Å². The lowest BCUT2D eigenvalue weighted by Gasteiger charge is -2.42. The zero-order chi connectivity index (χ0) is 46.1. The number of rotatable bonds is 21. The molecule has 0 bridgehead atoms. The van der Waals surface area contributed by atoms with Gasteiger partial charge in [0.05, 0.1) is 49.1 Å². The molecule has 0 spiro atoms. The summed E-state index contributed by atoms with van der Waals surface area (Å²) in [6.45, 7) is 20.2. The van der Waals surface area contributed by atoms with Crippen molar-refractivity contribution < 1.29 is 79.9 Å². The SMILES string of the molecule is CCC(C)C(O)C(C)/C=C(\C)[C@@H](O)[C@@H](C)/C=C(\C)[C@@H](O[C@H]1O[C@@H](CO)[C@H](O)[C@@H](O)[C@H]1O)[C@@H](C)/C=C(\C)[C@@H](O[C@H]1O[C@@H](C)[C@H](O)[C@@H](O)[C@H]1O)[C@@H](C)/C=C(\C)C(O)C(C)C(=O)O. The van der Waals surface area contributed by atoms with Crippen LogP contribution in [0.1, 0.15) is 89.5 Å². The molecule has 0 saturated carbocycles. The van der Waals surface area contributed by atoms with Crippen molar-refractivity contribution in [3.05, 3.63) is 46.6 Å². The highest BCUT2D eigenvalue weighted by Gasteiger charge is 2.46. The summed E-state index contributed by atoms with van der Waals surface area (Å²) in [4.78, 5) is 11.7. The van der Waals surface area contributed by atoms with Crippen LogP contribution in [0.15, 0.2) is 46.6 Å². The van der Waals surface area contributed by atoms with Crippen LogP contribution in [-0.4, -0.2) is 161 Å². The van der Waals surface area contributed by atoms with E-state index in [4.69, 9.17) is 18.9 Å². The molecule has 0 aromatic rings. The number of carboxylic acid groups (broad SMARTS) is 1. The summed E-state index contributed by atoms with van der Waals surface area (Å²) in [5.74, 6) is -4.22. The number of ether oxygens (including phenoxy) is 4. The first-order valence-corrected chi connectivity index (χ1v) is 21.1. The Morgan fingerprint density at radius 2 is 1.02 bits per heavy atom. The van der Waals surface area contributed by atoms with Gasteiger partial charge in [-0.2, -0.15) is 0 Å². The molecule has 2 aliphatic heterocycles. The normalized spacial score (nSPS) is 34.4. The third-order valence-corrected chi connectivity index (χ3v) is 12.2. The van der Waals surface area contributed by atoms with Gasteiger partial charge in [-0.3, -0.25) is 4.79 Å². The van der Waals surface area contributed by atoms with Gasteiger partial charge in [0, 0.05) is 23.7 Å². The van der Waals surface area contributed by atoms with Crippen molar-refractivity contribution in [2.24, 2.45) is 35.5 Å². The summed E-state index contributed by atoms with van der Waals surface area (Å²) in [6.07, 6.45) is -11.8. The Labute approximate surface area is 355 Å². The van der Waals surface area contributed by atoms with Crippen molar-refractivity contribution in [1.29, 1.82) is 0 Å². The van der Waals surface area contributed by atoms with Gasteiger partial charge < -0.3 is 75.1 Å².